The molecule has 3 N–H and O–H groups in total. The number of carbonyl (C=O) groups is 1. The molecule has 2 rings (SSSR count). The summed E-state index contributed by atoms with van der Waals surface area (Å²) in [5.41, 5.74) is 2.76. The van der Waals surface area contributed by atoms with Crippen molar-refractivity contribution in [3.8, 4) is 0 Å². The minimum absolute atomic E-state index is 0.0927. The van der Waals surface area contributed by atoms with Gasteiger partial charge in [-0.3, -0.25) is 4.79 Å². The number of hydrogen-bond acceptors (Lipinski definition) is 3. The summed E-state index contributed by atoms with van der Waals surface area (Å²) in [5, 5.41) is 15.6. The van der Waals surface area contributed by atoms with Crippen LogP contribution in [0.3, 0.4) is 0 Å². The zero-order chi connectivity index (χ0) is 16.5. The van der Waals surface area contributed by atoms with E-state index in [-0.39, 0.29) is 11.8 Å². The van der Waals surface area contributed by atoms with Gasteiger partial charge in [-0.15, -0.1) is 11.6 Å². The number of carbonyl (C=O) groups excluding carboxylic acids is 1. The van der Waals surface area contributed by atoms with Gasteiger partial charge < -0.3 is 15.7 Å². The molecule has 1 aromatic carbocycles. The van der Waals surface area contributed by atoms with Gasteiger partial charge in [-0.25, -0.2) is 0 Å². The second-order valence-corrected chi connectivity index (χ2v) is 6.16. The van der Waals surface area contributed by atoms with E-state index >= 15 is 0 Å². The van der Waals surface area contributed by atoms with Crippen molar-refractivity contribution in [2.24, 2.45) is 0 Å². The summed E-state index contributed by atoms with van der Waals surface area (Å²) in [7, 11) is 0. The minimum Gasteiger partial charge on any atom is -0.390 e. The SMILES string of the molecule is O=C(NCCC1=CCCCC1)c1ccccc1NCC(O)CCl. The number of amides is 1. The average Bonchev–Trinajstić information content (AvgIpc) is 2.60. The molecule has 0 saturated carbocycles. The van der Waals surface area contributed by atoms with Crippen LogP contribution in [0.5, 0.6) is 0 Å². The first kappa shape index (κ1) is 17.8. The predicted molar refractivity (Wildman–Crippen MR) is 95.2 cm³/mol. The van der Waals surface area contributed by atoms with E-state index in [9.17, 15) is 9.90 Å². The van der Waals surface area contributed by atoms with Crippen molar-refractivity contribution in [1.82, 2.24) is 5.32 Å². The lowest BCUT2D eigenvalue weighted by atomic mass is 9.97. The maximum Gasteiger partial charge on any atom is 0.253 e. The van der Waals surface area contributed by atoms with Crippen molar-refractivity contribution in [3.05, 3.63) is 41.5 Å². The molecule has 0 aromatic heterocycles. The Morgan fingerprint density at radius 3 is 2.87 bits per heavy atom. The van der Waals surface area contributed by atoms with E-state index in [1.807, 2.05) is 18.2 Å². The average molecular weight is 337 g/mol. The van der Waals surface area contributed by atoms with E-state index in [0.717, 1.165) is 12.8 Å². The molecule has 1 aliphatic rings. The number of aliphatic hydroxyl groups excluding tert-OH is 1. The van der Waals surface area contributed by atoms with Gasteiger partial charge in [0.25, 0.3) is 5.91 Å². The van der Waals surface area contributed by atoms with Crippen LogP contribution in [0, 0.1) is 0 Å². The zero-order valence-electron chi connectivity index (χ0n) is 13.4. The van der Waals surface area contributed by atoms with Gasteiger partial charge >= 0.3 is 0 Å². The zero-order valence-corrected chi connectivity index (χ0v) is 14.1. The lowest BCUT2D eigenvalue weighted by Gasteiger charge is -2.15. The van der Waals surface area contributed by atoms with Crippen molar-refractivity contribution in [2.75, 3.05) is 24.3 Å². The first-order chi connectivity index (χ1) is 11.2. The maximum absolute atomic E-state index is 12.4. The normalized spacial score (nSPS) is 15.7. The number of hydrogen-bond donors (Lipinski definition) is 3. The quantitative estimate of drug-likeness (QED) is 0.504. The monoisotopic (exact) mass is 336 g/mol. The molecule has 5 heteroatoms. The number of anilines is 1. The fraction of sp³-hybridized carbons (Fsp3) is 0.500. The molecule has 0 bridgehead atoms. The maximum atomic E-state index is 12.4. The molecule has 23 heavy (non-hydrogen) atoms. The van der Waals surface area contributed by atoms with Gasteiger partial charge in [0.2, 0.25) is 0 Å². The van der Waals surface area contributed by atoms with E-state index in [1.54, 1.807) is 6.07 Å². The molecular weight excluding hydrogens is 312 g/mol. The Hall–Kier alpha value is -1.52. The fourth-order valence-electron chi connectivity index (χ4n) is 2.68. The molecule has 1 aliphatic carbocycles. The third-order valence-electron chi connectivity index (χ3n) is 3.99. The highest BCUT2D eigenvalue weighted by Gasteiger charge is 2.12. The molecule has 0 saturated heterocycles. The summed E-state index contributed by atoms with van der Waals surface area (Å²) < 4.78 is 0. The molecule has 126 valence electrons. The summed E-state index contributed by atoms with van der Waals surface area (Å²) >= 11 is 5.59. The summed E-state index contributed by atoms with van der Waals surface area (Å²) in [6, 6.07) is 7.31. The van der Waals surface area contributed by atoms with Crippen molar-refractivity contribution in [1.29, 1.82) is 0 Å². The summed E-state index contributed by atoms with van der Waals surface area (Å²) in [6.07, 6.45) is 7.46. The van der Waals surface area contributed by atoms with Crippen LogP contribution in [0.2, 0.25) is 0 Å². The number of nitrogens with one attached hydrogen (secondary N) is 2. The van der Waals surface area contributed by atoms with Crippen molar-refractivity contribution >= 4 is 23.2 Å². The van der Waals surface area contributed by atoms with Gasteiger partial charge in [0.1, 0.15) is 0 Å². The van der Waals surface area contributed by atoms with Gasteiger partial charge in [-0.05, 0) is 44.2 Å². The third kappa shape index (κ3) is 5.88. The molecule has 1 aromatic rings. The van der Waals surface area contributed by atoms with Crippen LogP contribution in [0.1, 0.15) is 42.5 Å². The number of allylic oxidation sites excluding steroid dienone is 1. The third-order valence-corrected chi connectivity index (χ3v) is 4.35. The second kappa shape index (κ2) is 9.58. The number of halogens is 1. The van der Waals surface area contributed by atoms with Crippen molar-refractivity contribution in [2.45, 2.75) is 38.2 Å². The van der Waals surface area contributed by atoms with Crippen LogP contribution in [0.25, 0.3) is 0 Å². The summed E-state index contributed by atoms with van der Waals surface area (Å²) in [5.74, 6) is 0.0705. The van der Waals surface area contributed by atoms with Crippen LogP contribution < -0.4 is 10.6 Å². The van der Waals surface area contributed by atoms with Gasteiger partial charge in [0.15, 0.2) is 0 Å². The van der Waals surface area contributed by atoms with Crippen LogP contribution in [-0.2, 0) is 0 Å². The van der Waals surface area contributed by atoms with Gasteiger partial charge in [0.05, 0.1) is 17.5 Å². The lowest BCUT2D eigenvalue weighted by molar-refractivity contribution is 0.0954. The molecule has 0 heterocycles. The topological polar surface area (TPSA) is 61.4 Å². The molecule has 0 aliphatic heterocycles. The molecule has 1 unspecified atom stereocenters. The number of benzene rings is 1. The van der Waals surface area contributed by atoms with Crippen LogP contribution in [-0.4, -0.2) is 36.1 Å². The predicted octanol–water partition coefficient (Wildman–Crippen LogP) is 3.32. The fourth-order valence-corrected chi connectivity index (χ4v) is 2.79. The van der Waals surface area contributed by atoms with Crippen LogP contribution >= 0.6 is 11.6 Å². The Kier molecular flexibility index (Phi) is 7.43. The molecule has 1 amide bonds. The summed E-state index contributed by atoms with van der Waals surface area (Å²) in [4.78, 5) is 12.4. The van der Waals surface area contributed by atoms with Gasteiger partial charge in [0, 0.05) is 18.8 Å². The van der Waals surface area contributed by atoms with Gasteiger partial charge in [-0.2, -0.15) is 0 Å². The number of rotatable bonds is 8. The van der Waals surface area contributed by atoms with Crippen LogP contribution in [0.15, 0.2) is 35.9 Å². The molecular formula is C18H25ClN2O2. The Morgan fingerprint density at radius 1 is 1.30 bits per heavy atom. The number of aliphatic hydroxyl groups is 1. The molecule has 0 radical (unpaired) electrons. The Labute approximate surface area is 142 Å². The first-order valence-corrected chi connectivity index (χ1v) is 8.77. The van der Waals surface area contributed by atoms with Crippen molar-refractivity contribution in [3.63, 3.8) is 0 Å². The second-order valence-electron chi connectivity index (χ2n) is 5.85. The summed E-state index contributed by atoms with van der Waals surface area (Å²) in [6.45, 7) is 0.976. The van der Waals surface area contributed by atoms with E-state index in [4.69, 9.17) is 11.6 Å². The molecule has 0 fully saturated rings. The highest BCUT2D eigenvalue weighted by molar-refractivity contribution is 6.18. The van der Waals surface area contributed by atoms with E-state index in [1.165, 1.54) is 24.8 Å². The van der Waals surface area contributed by atoms with E-state index < -0.39 is 6.10 Å². The Balaban J connectivity index is 1.87. The minimum atomic E-state index is -0.633. The largest absolute Gasteiger partial charge is 0.390 e. The van der Waals surface area contributed by atoms with Gasteiger partial charge in [-0.1, -0.05) is 23.8 Å². The highest BCUT2D eigenvalue weighted by atomic mass is 35.5. The smallest absolute Gasteiger partial charge is 0.253 e. The molecule has 4 nitrogen and oxygen atoms in total. The first-order valence-electron chi connectivity index (χ1n) is 8.23. The van der Waals surface area contributed by atoms with E-state index in [2.05, 4.69) is 16.7 Å². The lowest BCUT2D eigenvalue weighted by Crippen LogP contribution is -2.27. The standard InChI is InChI=1S/C18H25ClN2O2/c19-12-15(22)13-21-17-9-5-4-8-16(17)18(23)20-11-10-14-6-2-1-3-7-14/h4-6,8-9,15,21-22H,1-3,7,10-13H2,(H,20,23). The highest BCUT2D eigenvalue weighted by Crippen LogP contribution is 2.20. The Morgan fingerprint density at radius 2 is 2.13 bits per heavy atom. The van der Waals surface area contributed by atoms with Crippen molar-refractivity contribution < 1.29 is 9.90 Å². The number of para-hydroxylation sites is 1. The molecule has 0 spiro atoms. The Bertz CT molecular complexity index is 546. The molecule has 1 atom stereocenters. The van der Waals surface area contributed by atoms with Crippen LogP contribution in [0.4, 0.5) is 5.69 Å². The number of alkyl halides is 1. The van der Waals surface area contributed by atoms with E-state index in [0.29, 0.717) is 24.3 Å².